The van der Waals surface area contributed by atoms with Crippen molar-refractivity contribution < 1.29 is 0 Å². The van der Waals surface area contributed by atoms with E-state index in [1.54, 1.807) is 0 Å². The predicted octanol–water partition coefficient (Wildman–Crippen LogP) is 5.94. The van der Waals surface area contributed by atoms with Gasteiger partial charge in [-0.15, -0.1) is 24.5 Å². The molecule has 3 heterocycles. The summed E-state index contributed by atoms with van der Waals surface area (Å²) in [6, 6.07) is 8.45. The van der Waals surface area contributed by atoms with Crippen LogP contribution in [0.1, 0.15) is 57.4 Å². The average Bonchev–Trinajstić information content (AvgIpc) is 3.17. The van der Waals surface area contributed by atoms with E-state index in [4.69, 9.17) is 4.98 Å². The number of fused-ring (bicyclic) bond motifs is 1. The van der Waals surface area contributed by atoms with Gasteiger partial charge in [-0.05, 0) is 70.4 Å². The highest BCUT2D eigenvalue weighted by molar-refractivity contribution is 7.18. The van der Waals surface area contributed by atoms with Gasteiger partial charge in [-0.1, -0.05) is 32.9 Å². The summed E-state index contributed by atoms with van der Waals surface area (Å²) in [6.07, 6.45) is 5.40. The number of hydrogen-bond acceptors (Lipinski definition) is 4. The van der Waals surface area contributed by atoms with Crippen molar-refractivity contribution in [3.8, 4) is 0 Å². The highest BCUT2D eigenvalue weighted by Gasteiger charge is 2.21. The molecule has 2 aromatic rings. The second-order valence-corrected chi connectivity index (χ2v) is 8.13. The Hall–Kier alpha value is -1.23. The fourth-order valence-electron chi connectivity index (χ4n) is 3.46. The maximum atomic E-state index is 4.76. The molecule has 4 rings (SSSR count). The van der Waals surface area contributed by atoms with Gasteiger partial charge in [-0.25, -0.2) is 4.98 Å². The number of piperidine rings is 2. The van der Waals surface area contributed by atoms with Crippen LogP contribution >= 0.6 is 11.3 Å². The summed E-state index contributed by atoms with van der Waals surface area (Å²) in [7, 11) is 2.21. The van der Waals surface area contributed by atoms with Crippen LogP contribution in [0, 0.1) is 5.92 Å². The number of aromatic nitrogens is 1. The highest BCUT2D eigenvalue weighted by atomic mass is 32.1. The van der Waals surface area contributed by atoms with Gasteiger partial charge in [0, 0.05) is 12.5 Å². The number of hydrogen-bond donors (Lipinski definition) is 1. The number of para-hydroxylation sites is 1. The number of thiazole rings is 1. The van der Waals surface area contributed by atoms with Crippen LogP contribution in [0.4, 0.5) is 0 Å². The van der Waals surface area contributed by atoms with E-state index in [1.807, 2.05) is 25.2 Å². The molecule has 1 N–H and O–H groups in total. The molecule has 3 nitrogen and oxygen atoms in total. The minimum absolute atomic E-state index is 0.649. The zero-order valence-electron chi connectivity index (χ0n) is 17.8. The minimum atomic E-state index is 0.649. The van der Waals surface area contributed by atoms with Crippen molar-refractivity contribution in [3.05, 3.63) is 42.4 Å². The zero-order chi connectivity index (χ0) is 20.1. The molecular formula is C23H39N3S. The van der Waals surface area contributed by atoms with E-state index in [2.05, 4.69) is 61.6 Å². The van der Waals surface area contributed by atoms with Crippen LogP contribution in [0.2, 0.25) is 0 Å². The van der Waals surface area contributed by atoms with E-state index < -0.39 is 0 Å². The maximum Gasteiger partial charge on any atom is 0.0982 e. The Morgan fingerprint density at radius 2 is 1.89 bits per heavy atom. The molecule has 0 spiro atoms. The molecule has 1 aromatic heterocycles. The first-order chi connectivity index (χ1) is 13.2. The van der Waals surface area contributed by atoms with Gasteiger partial charge in [0.15, 0.2) is 0 Å². The van der Waals surface area contributed by atoms with Crippen LogP contribution < -0.4 is 5.32 Å². The molecule has 4 heteroatoms. The van der Waals surface area contributed by atoms with E-state index in [0.717, 1.165) is 11.4 Å². The summed E-state index contributed by atoms with van der Waals surface area (Å²) in [5, 5.41) is 4.66. The largest absolute Gasteiger partial charge is 0.316 e. The number of rotatable bonds is 1. The first kappa shape index (κ1) is 23.8. The van der Waals surface area contributed by atoms with Gasteiger partial charge in [-0.3, -0.25) is 0 Å². The molecule has 0 radical (unpaired) electrons. The first-order valence-electron chi connectivity index (χ1n) is 10.5. The van der Waals surface area contributed by atoms with Gasteiger partial charge in [0.2, 0.25) is 0 Å². The smallest absolute Gasteiger partial charge is 0.0982 e. The molecule has 2 atom stereocenters. The summed E-state index contributed by atoms with van der Waals surface area (Å²) in [6.45, 7) is 17.2. The lowest BCUT2D eigenvalue weighted by Gasteiger charge is -2.28. The Balaban J connectivity index is 0.000000279. The molecule has 152 valence electrons. The van der Waals surface area contributed by atoms with Crippen LogP contribution in [-0.2, 0) is 0 Å². The first-order valence-corrected chi connectivity index (χ1v) is 11.3. The van der Waals surface area contributed by atoms with E-state index in [-0.39, 0.29) is 0 Å². The Bertz CT molecular complexity index is 586. The highest BCUT2D eigenvalue weighted by Crippen LogP contribution is 2.32. The van der Waals surface area contributed by atoms with E-state index >= 15 is 0 Å². The summed E-state index contributed by atoms with van der Waals surface area (Å²) in [4.78, 5) is 7.18. The van der Waals surface area contributed by atoms with Gasteiger partial charge < -0.3 is 10.2 Å². The summed E-state index contributed by atoms with van der Waals surface area (Å²) >= 11 is 1.87. The Morgan fingerprint density at radius 3 is 2.44 bits per heavy atom. The number of nitrogens with one attached hydrogen (secondary N) is 1. The number of likely N-dealkylation sites (N-methyl/N-ethyl adjacent to an activating group) is 1. The normalized spacial score (nSPS) is 22.4. The average molecular weight is 390 g/mol. The minimum Gasteiger partial charge on any atom is -0.316 e. The molecule has 0 saturated carbocycles. The molecule has 2 aliphatic rings. The Kier molecular flexibility index (Phi) is 12.2. The molecule has 1 aromatic carbocycles. The van der Waals surface area contributed by atoms with Gasteiger partial charge in [-0.2, -0.15) is 0 Å². The van der Waals surface area contributed by atoms with Crippen molar-refractivity contribution in [2.45, 2.75) is 52.4 Å². The van der Waals surface area contributed by atoms with Gasteiger partial charge in [0.05, 0.1) is 15.2 Å². The molecular weight excluding hydrogens is 350 g/mol. The molecule has 0 bridgehead atoms. The lowest BCUT2D eigenvalue weighted by atomic mass is 9.99. The Morgan fingerprint density at radius 1 is 1.15 bits per heavy atom. The predicted molar refractivity (Wildman–Crippen MR) is 123 cm³/mol. The number of likely N-dealkylation sites (tertiary alicyclic amines) is 1. The molecule has 0 aliphatic carbocycles. The second-order valence-electron chi connectivity index (χ2n) is 7.07. The zero-order valence-corrected chi connectivity index (χ0v) is 18.7. The van der Waals surface area contributed by atoms with Gasteiger partial charge >= 0.3 is 0 Å². The quantitative estimate of drug-likeness (QED) is 0.612. The van der Waals surface area contributed by atoms with Crippen molar-refractivity contribution in [2.24, 2.45) is 5.92 Å². The fraction of sp³-hybridized carbons (Fsp3) is 0.609. The molecule has 2 saturated heterocycles. The van der Waals surface area contributed by atoms with Crippen molar-refractivity contribution in [2.75, 3.05) is 33.2 Å². The topological polar surface area (TPSA) is 28.2 Å². The van der Waals surface area contributed by atoms with Gasteiger partial charge in [0.25, 0.3) is 0 Å². The third-order valence-corrected chi connectivity index (χ3v) is 6.03. The third kappa shape index (κ3) is 8.12. The number of benzene rings is 1. The molecule has 0 amide bonds. The van der Waals surface area contributed by atoms with Crippen LogP contribution in [0.25, 0.3) is 10.2 Å². The lowest BCUT2D eigenvalue weighted by molar-refractivity contribution is 0.250. The third-order valence-electron chi connectivity index (χ3n) is 4.83. The standard InChI is InChI=1S/C13H16N2S.C6H13N.C2H6.C2H4/c1-15-8-4-5-10(9-15)13-14-11-6-2-3-7-12(11)16-13;1-6-3-2-4-7-5-6;2*1-2/h2-3,6-7,10H,4-5,8-9H2,1H3;6-7H,2-5H2,1H3;1-2H3;1-2H2. The Labute approximate surface area is 170 Å². The van der Waals surface area contributed by atoms with Crippen molar-refractivity contribution in [3.63, 3.8) is 0 Å². The van der Waals surface area contributed by atoms with E-state index in [0.29, 0.717) is 5.92 Å². The monoisotopic (exact) mass is 389 g/mol. The summed E-state index contributed by atoms with van der Waals surface area (Å²) in [5.74, 6) is 1.57. The van der Waals surface area contributed by atoms with E-state index in [1.165, 1.54) is 61.6 Å². The van der Waals surface area contributed by atoms with Crippen LogP contribution in [-0.4, -0.2) is 43.1 Å². The SMILES string of the molecule is C=C.CC.CC1CCCNC1.CN1CCCC(c2nc3ccccc3s2)C1. The summed E-state index contributed by atoms with van der Waals surface area (Å²) in [5.41, 5.74) is 1.16. The molecule has 27 heavy (non-hydrogen) atoms. The lowest BCUT2D eigenvalue weighted by Crippen LogP contribution is -2.30. The van der Waals surface area contributed by atoms with Gasteiger partial charge in [0.1, 0.15) is 0 Å². The van der Waals surface area contributed by atoms with Crippen molar-refractivity contribution in [1.82, 2.24) is 15.2 Å². The molecule has 2 fully saturated rings. The molecule has 2 aliphatic heterocycles. The van der Waals surface area contributed by atoms with Crippen LogP contribution in [0.5, 0.6) is 0 Å². The fourth-order valence-corrected chi connectivity index (χ4v) is 4.55. The number of nitrogens with zero attached hydrogens (tertiary/aromatic N) is 2. The van der Waals surface area contributed by atoms with E-state index in [9.17, 15) is 0 Å². The van der Waals surface area contributed by atoms with Crippen molar-refractivity contribution in [1.29, 1.82) is 0 Å². The second kappa shape index (κ2) is 13.9. The van der Waals surface area contributed by atoms with Crippen LogP contribution in [0.15, 0.2) is 37.4 Å². The van der Waals surface area contributed by atoms with Crippen LogP contribution in [0.3, 0.4) is 0 Å². The van der Waals surface area contributed by atoms with Crippen molar-refractivity contribution >= 4 is 21.6 Å². The maximum absolute atomic E-state index is 4.76. The molecule has 2 unspecified atom stereocenters. The summed E-state index contributed by atoms with van der Waals surface area (Å²) < 4.78 is 1.32.